The van der Waals surface area contributed by atoms with Gasteiger partial charge in [0.15, 0.2) is 5.69 Å². The van der Waals surface area contributed by atoms with Gasteiger partial charge in [-0.05, 0) is 25.3 Å². The summed E-state index contributed by atoms with van der Waals surface area (Å²) >= 11 is 0. The zero-order valence-electron chi connectivity index (χ0n) is 11.3. The van der Waals surface area contributed by atoms with E-state index in [2.05, 4.69) is 10.4 Å². The summed E-state index contributed by atoms with van der Waals surface area (Å²) < 4.78 is 39.4. The van der Waals surface area contributed by atoms with Gasteiger partial charge in [-0.3, -0.25) is 9.48 Å². The fourth-order valence-corrected chi connectivity index (χ4v) is 2.07. The minimum absolute atomic E-state index is 0.0799. The van der Waals surface area contributed by atoms with Crippen LogP contribution in [-0.4, -0.2) is 22.2 Å². The number of rotatable bonds is 6. The normalized spacial score (nSPS) is 15.4. The van der Waals surface area contributed by atoms with E-state index in [4.69, 9.17) is 0 Å². The molecule has 1 amide bonds. The maximum atomic E-state index is 12.7. The van der Waals surface area contributed by atoms with Crippen LogP contribution in [0, 0.1) is 0 Å². The van der Waals surface area contributed by atoms with Gasteiger partial charge < -0.3 is 5.32 Å². The number of hydrogen-bond acceptors (Lipinski definition) is 2. The van der Waals surface area contributed by atoms with Crippen molar-refractivity contribution in [2.24, 2.45) is 0 Å². The second kappa shape index (κ2) is 5.85. The molecule has 1 saturated carbocycles. The predicted molar refractivity (Wildman–Crippen MR) is 67.1 cm³/mol. The third-order valence-corrected chi connectivity index (χ3v) is 3.22. The second-order valence-corrected chi connectivity index (χ2v) is 5.05. The number of alkyl halides is 3. The molecule has 2 rings (SSSR count). The summed E-state index contributed by atoms with van der Waals surface area (Å²) in [5, 5.41) is 6.31. The van der Waals surface area contributed by atoms with Crippen LogP contribution in [0.25, 0.3) is 0 Å². The predicted octanol–water partition coefficient (Wildman–Crippen LogP) is 2.70. The highest BCUT2D eigenvalue weighted by Gasteiger charge is 2.37. The Morgan fingerprint density at radius 3 is 2.75 bits per heavy atom. The quantitative estimate of drug-likeness (QED) is 0.875. The number of carbonyl (C=O) groups is 1. The first kappa shape index (κ1) is 14.9. The minimum Gasteiger partial charge on any atom is -0.354 e. The van der Waals surface area contributed by atoms with Gasteiger partial charge in [0.2, 0.25) is 5.91 Å². The Morgan fingerprint density at radius 2 is 2.20 bits per heavy atom. The van der Waals surface area contributed by atoms with E-state index in [1.54, 1.807) is 0 Å². The summed E-state index contributed by atoms with van der Waals surface area (Å²) in [6, 6.07) is 1.13. The Kier molecular flexibility index (Phi) is 4.35. The molecule has 4 nitrogen and oxygen atoms in total. The highest BCUT2D eigenvalue weighted by Crippen LogP contribution is 2.41. The molecule has 0 atom stereocenters. The summed E-state index contributed by atoms with van der Waals surface area (Å²) in [6.07, 6.45) is -1.42. The van der Waals surface area contributed by atoms with E-state index in [1.165, 1.54) is 4.68 Å². The molecule has 1 aliphatic rings. The Bertz CT molecular complexity index is 478. The lowest BCUT2D eigenvalue weighted by molar-refractivity contribution is -0.141. The summed E-state index contributed by atoms with van der Waals surface area (Å²) in [5.74, 6) is 0.105. The molecule has 0 radical (unpaired) electrons. The van der Waals surface area contributed by atoms with Crippen LogP contribution in [0.1, 0.15) is 49.9 Å². The van der Waals surface area contributed by atoms with Crippen LogP contribution in [0.4, 0.5) is 13.2 Å². The van der Waals surface area contributed by atoms with E-state index >= 15 is 0 Å². The van der Waals surface area contributed by atoms with Gasteiger partial charge in [0.25, 0.3) is 0 Å². The molecule has 0 aliphatic heterocycles. The van der Waals surface area contributed by atoms with Crippen LogP contribution in [0.3, 0.4) is 0 Å². The highest BCUT2D eigenvalue weighted by atomic mass is 19.4. The molecule has 1 aromatic heterocycles. The highest BCUT2D eigenvalue weighted by molar-refractivity contribution is 5.75. The Morgan fingerprint density at radius 1 is 1.50 bits per heavy atom. The number of amides is 1. The lowest BCUT2D eigenvalue weighted by Gasteiger charge is -2.08. The van der Waals surface area contributed by atoms with Crippen LogP contribution < -0.4 is 5.32 Å². The van der Waals surface area contributed by atoms with E-state index < -0.39 is 11.9 Å². The molecule has 0 spiro atoms. The van der Waals surface area contributed by atoms with Crippen molar-refractivity contribution in [1.29, 1.82) is 0 Å². The minimum atomic E-state index is -4.42. The van der Waals surface area contributed by atoms with Crippen molar-refractivity contribution in [1.82, 2.24) is 15.1 Å². The SMILES string of the molecule is CCCC(=O)NCCn1nc(C(F)(F)F)cc1C1CC1. The zero-order valence-corrected chi connectivity index (χ0v) is 11.3. The van der Waals surface area contributed by atoms with Gasteiger partial charge in [0.05, 0.1) is 6.54 Å². The summed E-state index contributed by atoms with van der Waals surface area (Å²) in [6.45, 7) is 2.47. The van der Waals surface area contributed by atoms with E-state index in [1.807, 2.05) is 6.92 Å². The Hall–Kier alpha value is -1.53. The maximum Gasteiger partial charge on any atom is 0.435 e. The average molecular weight is 289 g/mol. The molecule has 0 aromatic carbocycles. The lowest BCUT2D eigenvalue weighted by atomic mass is 10.2. The maximum absolute atomic E-state index is 12.7. The standard InChI is InChI=1S/C13H18F3N3O/c1-2-3-12(20)17-6-7-19-10(9-4-5-9)8-11(18-19)13(14,15)16/h8-9H,2-7H2,1H3,(H,17,20). The monoisotopic (exact) mass is 289 g/mol. The van der Waals surface area contributed by atoms with Crippen LogP contribution in [-0.2, 0) is 17.5 Å². The number of hydrogen-bond donors (Lipinski definition) is 1. The first-order chi connectivity index (χ1) is 9.41. The lowest BCUT2D eigenvalue weighted by Crippen LogP contribution is -2.27. The summed E-state index contributed by atoms with van der Waals surface area (Å²) in [5.41, 5.74) is -0.221. The first-order valence-electron chi connectivity index (χ1n) is 6.83. The van der Waals surface area contributed by atoms with Gasteiger partial charge >= 0.3 is 6.18 Å². The molecule has 1 N–H and O–H groups in total. The third kappa shape index (κ3) is 3.74. The average Bonchev–Trinajstić information content (AvgIpc) is 3.09. The molecule has 0 saturated heterocycles. The molecular weight excluding hydrogens is 271 g/mol. The van der Waals surface area contributed by atoms with E-state index in [0.29, 0.717) is 18.7 Å². The molecular formula is C13H18F3N3O. The Balaban J connectivity index is 1.99. The number of nitrogens with zero attached hydrogens (tertiary/aromatic N) is 2. The fourth-order valence-electron chi connectivity index (χ4n) is 2.07. The largest absolute Gasteiger partial charge is 0.435 e. The van der Waals surface area contributed by atoms with Crippen LogP contribution >= 0.6 is 0 Å². The molecule has 7 heteroatoms. The van der Waals surface area contributed by atoms with E-state index in [0.717, 1.165) is 25.3 Å². The van der Waals surface area contributed by atoms with Crippen molar-refractivity contribution in [2.75, 3.05) is 6.54 Å². The van der Waals surface area contributed by atoms with Gasteiger partial charge in [0, 0.05) is 24.6 Å². The first-order valence-corrected chi connectivity index (χ1v) is 6.83. The topological polar surface area (TPSA) is 46.9 Å². The van der Waals surface area contributed by atoms with Gasteiger partial charge in [-0.15, -0.1) is 0 Å². The van der Waals surface area contributed by atoms with Crippen molar-refractivity contribution >= 4 is 5.91 Å². The fraction of sp³-hybridized carbons (Fsp3) is 0.692. The van der Waals surface area contributed by atoms with Gasteiger partial charge in [-0.25, -0.2) is 0 Å². The van der Waals surface area contributed by atoms with Gasteiger partial charge in [0.1, 0.15) is 0 Å². The summed E-state index contributed by atoms with van der Waals surface area (Å²) in [4.78, 5) is 11.3. The van der Waals surface area contributed by atoms with Crippen molar-refractivity contribution in [2.45, 2.75) is 51.2 Å². The zero-order chi connectivity index (χ0) is 14.8. The van der Waals surface area contributed by atoms with Gasteiger partial charge in [-0.1, -0.05) is 6.92 Å². The molecule has 0 unspecified atom stereocenters. The van der Waals surface area contributed by atoms with Crippen LogP contribution in [0.5, 0.6) is 0 Å². The molecule has 1 aliphatic carbocycles. The smallest absolute Gasteiger partial charge is 0.354 e. The molecule has 1 heterocycles. The van der Waals surface area contributed by atoms with Crippen LogP contribution in [0.2, 0.25) is 0 Å². The molecule has 0 bridgehead atoms. The second-order valence-electron chi connectivity index (χ2n) is 5.05. The number of aromatic nitrogens is 2. The number of halogens is 3. The van der Waals surface area contributed by atoms with Crippen molar-refractivity contribution in [3.63, 3.8) is 0 Å². The summed E-state index contributed by atoms with van der Waals surface area (Å²) in [7, 11) is 0. The number of carbonyl (C=O) groups excluding carboxylic acids is 1. The van der Waals surface area contributed by atoms with Crippen LogP contribution in [0.15, 0.2) is 6.07 Å². The molecule has 20 heavy (non-hydrogen) atoms. The van der Waals surface area contributed by atoms with Crippen molar-refractivity contribution in [3.8, 4) is 0 Å². The molecule has 1 fully saturated rings. The van der Waals surface area contributed by atoms with Crippen molar-refractivity contribution < 1.29 is 18.0 Å². The molecule has 1 aromatic rings. The van der Waals surface area contributed by atoms with Gasteiger partial charge in [-0.2, -0.15) is 18.3 Å². The van der Waals surface area contributed by atoms with E-state index in [9.17, 15) is 18.0 Å². The third-order valence-electron chi connectivity index (χ3n) is 3.22. The molecule has 112 valence electrons. The Labute approximate surface area is 115 Å². The van der Waals surface area contributed by atoms with E-state index in [-0.39, 0.29) is 18.4 Å². The number of nitrogens with one attached hydrogen (secondary N) is 1. The van der Waals surface area contributed by atoms with Crippen molar-refractivity contribution in [3.05, 3.63) is 17.5 Å².